The number of likely N-dealkylation sites (tertiary alicyclic amines) is 1. The van der Waals surface area contributed by atoms with Crippen LogP contribution in [0.2, 0.25) is 0 Å². The minimum Gasteiger partial charge on any atom is -0.358 e. The Bertz CT molecular complexity index is 678. The molecule has 4 heteroatoms. The average Bonchev–Trinajstić information content (AvgIpc) is 3.15. The molecule has 4 nitrogen and oxygen atoms in total. The molecule has 2 fully saturated rings. The fraction of sp³-hybridized carbons (Fsp3) is 0.526. The highest BCUT2D eigenvalue weighted by Crippen LogP contribution is 2.47. The molecule has 0 bridgehead atoms. The van der Waals surface area contributed by atoms with Crippen molar-refractivity contribution < 1.29 is 0 Å². The predicted molar refractivity (Wildman–Crippen MR) is 95.8 cm³/mol. The summed E-state index contributed by atoms with van der Waals surface area (Å²) in [6, 6.07) is 10.7. The molecule has 1 saturated heterocycles. The molecule has 4 rings (SSSR count). The van der Waals surface area contributed by atoms with E-state index in [1.165, 1.54) is 48.8 Å². The molecule has 2 aromatic rings. The highest BCUT2D eigenvalue weighted by Gasteiger charge is 2.43. The largest absolute Gasteiger partial charge is 0.358 e. The van der Waals surface area contributed by atoms with Crippen molar-refractivity contribution in [3.8, 4) is 0 Å². The van der Waals surface area contributed by atoms with Crippen LogP contribution in [0, 0.1) is 5.41 Å². The van der Waals surface area contributed by atoms with Gasteiger partial charge in [-0.2, -0.15) is 0 Å². The first-order valence-electron chi connectivity index (χ1n) is 8.80. The van der Waals surface area contributed by atoms with Gasteiger partial charge in [-0.25, -0.2) is 0 Å². The molecule has 2 heterocycles. The minimum atomic E-state index is 0.620. The van der Waals surface area contributed by atoms with Gasteiger partial charge in [0.2, 0.25) is 0 Å². The molecule has 1 saturated carbocycles. The Morgan fingerprint density at radius 2 is 2.17 bits per heavy atom. The summed E-state index contributed by atoms with van der Waals surface area (Å²) in [4.78, 5) is 10.4. The summed E-state index contributed by atoms with van der Waals surface area (Å²) in [6.45, 7) is 3.27. The summed E-state index contributed by atoms with van der Waals surface area (Å²) in [5.41, 5.74) is 3.12. The van der Waals surface area contributed by atoms with Crippen LogP contribution in [0.15, 0.2) is 35.3 Å². The number of hydrogen-bond donors (Lipinski definition) is 2. The lowest BCUT2D eigenvalue weighted by Gasteiger charge is -2.38. The van der Waals surface area contributed by atoms with Crippen LogP contribution in [0.5, 0.6) is 0 Å². The maximum atomic E-state index is 4.49. The molecule has 0 atom stereocenters. The SMILES string of the molecule is CN=C(NCCc1cc2ccccc2[nH]1)N1CCC2(CCC2)C1. The quantitative estimate of drug-likeness (QED) is 0.675. The molecule has 0 radical (unpaired) electrons. The van der Waals surface area contributed by atoms with E-state index >= 15 is 0 Å². The van der Waals surface area contributed by atoms with E-state index in [0.29, 0.717) is 5.41 Å². The maximum Gasteiger partial charge on any atom is 0.193 e. The number of hydrogen-bond acceptors (Lipinski definition) is 1. The van der Waals surface area contributed by atoms with Crippen molar-refractivity contribution in [3.05, 3.63) is 36.0 Å². The molecule has 0 unspecified atom stereocenters. The molecular formula is C19H26N4. The topological polar surface area (TPSA) is 43.4 Å². The third-order valence-electron chi connectivity index (χ3n) is 5.63. The molecule has 2 aliphatic rings. The average molecular weight is 310 g/mol. The number of aliphatic imine (C=N–C) groups is 1. The van der Waals surface area contributed by atoms with Gasteiger partial charge in [-0.3, -0.25) is 4.99 Å². The number of nitrogens with zero attached hydrogens (tertiary/aromatic N) is 2. The number of aromatic nitrogens is 1. The zero-order valence-electron chi connectivity index (χ0n) is 13.9. The van der Waals surface area contributed by atoms with Crippen LogP contribution in [0.25, 0.3) is 10.9 Å². The second-order valence-corrected chi connectivity index (χ2v) is 7.13. The summed E-state index contributed by atoms with van der Waals surface area (Å²) in [7, 11) is 1.90. The van der Waals surface area contributed by atoms with Crippen molar-refractivity contribution in [2.75, 3.05) is 26.7 Å². The van der Waals surface area contributed by atoms with Gasteiger partial charge >= 0.3 is 0 Å². The highest BCUT2D eigenvalue weighted by molar-refractivity contribution is 5.81. The van der Waals surface area contributed by atoms with E-state index in [1.807, 2.05) is 7.05 Å². The lowest BCUT2D eigenvalue weighted by atomic mass is 9.68. The number of nitrogens with one attached hydrogen (secondary N) is 2. The van der Waals surface area contributed by atoms with Gasteiger partial charge in [-0.15, -0.1) is 0 Å². The third kappa shape index (κ3) is 2.82. The van der Waals surface area contributed by atoms with Gasteiger partial charge in [0, 0.05) is 44.3 Å². The minimum absolute atomic E-state index is 0.620. The Hall–Kier alpha value is -1.97. The summed E-state index contributed by atoms with van der Waals surface area (Å²) >= 11 is 0. The van der Waals surface area contributed by atoms with Gasteiger partial charge in [-0.05, 0) is 42.2 Å². The van der Waals surface area contributed by atoms with Gasteiger partial charge in [0.05, 0.1) is 0 Å². The van der Waals surface area contributed by atoms with Gasteiger partial charge in [0.25, 0.3) is 0 Å². The van der Waals surface area contributed by atoms with Crippen LogP contribution < -0.4 is 5.32 Å². The Balaban J connectivity index is 1.32. The van der Waals surface area contributed by atoms with Crippen molar-refractivity contribution in [2.24, 2.45) is 10.4 Å². The Kier molecular flexibility index (Phi) is 3.76. The van der Waals surface area contributed by atoms with Crippen LogP contribution in [0.1, 0.15) is 31.4 Å². The van der Waals surface area contributed by atoms with E-state index in [9.17, 15) is 0 Å². The first kappa shape index (κ1) is 14.6. The summed E-state index contributed by atoms with van der Waals surface area (Å²) < 4.78 is 0. The zero-order chi connectivity index (χ0) is 15.7. The van der Waals surface area contributed by atoms with Crippen LogP contribution in [0.3, 0.4) is 0 Å². The summed E-state index contributed by atoms with van der Waals surface area (Å²) in [5.74, 6) is 1.07. The van der Waals surface area contributed by atoms with E-state index in [4.69, 9.17) is 0 Å². The first-order valence-corrected chi connectivity index (χ1v) is 8.80. The fourth-order valence-electron chi connectivity index (χ4n) is 4.11. The lowest BCUT2D eigenvalue weighted by molar-refractivity contribution is 0.151. The van der Waals surface area contributed by atoms with E-state index in [2.05, 4.69) is 50.5 Å². The standard InChI is InChI=1S/C19H26N4/c1-20-18(23-12-10-19(14-23)8-4-9-19)21-11-7-16-13-15-5-2-3-6-17(15)22-16/h2-3,5-6,13,22H,4,7-12,14H2,1H3,(H,20,21). The van der Waals surface area contributed by atoms with E-state index < -0.39 is 0 Å². The highest BCUT2D eigenvalue weighted by atomic mass is 15.3. The molecule has 1 spiro atoms. The van der Waals surface area contributed by atoms with E-state index in [-0.39, 0.29) is 0 Å². The van der Waals surface area contributed by atoms with Gasteiger partial charge in [0.1, 0.15) is 0 Å². The number of para-hydroxylation sites is 1. The second kappa shape index (κ2) is 5.91. The predicted octanol–water partition coefficient (Wildman–Crippen LogP) is 3.16. The monoisotopic (exact) mass is 310 g/mol. The number of fused-ring (bicyclic) bond motifs is 1. The first-order chi connectivity index (χ1) is 11.3. The molecule has 122 valence electrons. The van der Waals surface area contributed by atoms with Crippen molar-refractivity contribution >= 4 is 16.9 Å². The third-order valence-corrected chi connectivity index (χ3v) is 5.63. The van der Waals surface area contributed by atoms with E-state index in [0.717, 1.165) is 25.5 Å². The van der Waals surface area contributed by atoms with Crippen molar-refractivity contribution in [1.82, 2.24) is 15.2 Å². The number of H-pyrrole nitrogens is 1. The smallest absolute Gasteiger partial charge is 0.193 e. The molecule has 2 N–H and O–H groups in total. The van der Waals surface area contributed by atoms with E-state index in [1.54, 1.807) is 0 Å². The number of benzene rings is 1. The summed E-state index contributed by atoms with van der Waals surface area (Å²) in [5, 5.41) is 4.84. The lowest BCUT2D eigenvalue weighted by Crippen LogP contribution is -2.43. The molecule has 1 aromatic heterocycles. The molecule has 1 aromatic carbocycles. The van der Waals surface area contributed by atoms with Gasteiger partial charge in [-0.1, -0.05) is 24.6 Å². The molecule has 1 aliphatic carbocycles. The number of rotatable bonds is 3. The molecule has 1 aliphatic heterocycles. The van der Waals surface area contributed by atoms with Crippen molar-refractivity contribution in [3.63, 3.8) is 0 Å². The van der Waals surface area contributed by atoms with Crippen LogP contribution in [-0.2, 0) is 6.42 Å². The number of aromatic amines is 1. The van der Waals surface area contributed by atoms with Crippen LogP contribution in [0.4, 0.5) is 0 Å². The zero-order valence-corrected chi connectivity index (χ0v) is 13.9. The Labute approximate surface area is 138 Å². The summed E-state index contributed by atoms with van der Waals surface area (Å²) in [6.07, 6.45) is 6.58. The fourth-order valence-corrected chi connectivity index (χ4v) is 4.11. The molecule has 0 amide bonds. The molecular weight excluding hydrogens is 284 g/mol. The van der Waals surface area contributed by atoms with Gasteiger partial charge in [0.15, 0.2) is 5.96 Å². The van der Waals surface area contributed by atoms with Crippen LogP contribution in [-0.4, -0.2) is 42.5 Å². The Morgan fingerprint density at radius 1 is 1.30 bits per heavy atom. The number of guanidine groups is 1. The molecule has 23 heavy (non-hydrogen) atoms. The van der Waals surface area contributed by atoms with Crippen LogP contribution >= 0.6 is 0 Å². The van der Waals surface area contributed by atoms with Gasteiger partial charge < -0.3 is 15.2 Å². The second-order valence-electron chi connectivity index (χ2n) is 7.13. The van der Waals surface area contributed by atoms with Crippen molar-refractivity contribution in [2.45, 2.75) is 32.1 Å². The maximum absolute atomic E-state index is 4.49. The van der Waals surface area contributed by atoms with Crippen molar-refractivity contribution in [1.29, 1.82) is 0 Å². The normalized spacial score (nSPS) is 20.2. The Morgan fingerprint density at radius 3 is 2.87 bits per heavy atom.